The molecule has 0 unspecified atom stereocenters. The van der Waals surface area contributed by atoms with E-state index in [9.17, 15) is 18.0 Å². The van der Waals surface area contributed by atoms with E-state index in [2.05, 4.69) is 10.0 Å². The molecule has 0 saturated carbocycles. The van der Waals surface area contributed by atoms with Crippen LogP contribution >= 0.6 is 46.4 Å². The smallest absolute Gasteiger partial charge is 0.261 e. The highest BCUT2D eigenvalue weighted by Gasteiger charge is 2.22. The zero-order chi connectivity index (χ0) is 26.7. The Morgan fingerprint density at radius 3 is 1.68 bits per heavy atom. The molecule has 0 aliphatic rings. The van der Waals surface area contributed by atoms with Gasteiger partial charge in [0, 0.05) is 31.2 Å². The molecule has 0 saturated heterocycles. The number of nitrogens with one attached hydrogen (secondary N) is 2. The summed E-state index contributed by atoms with van der Waals surface area (Å²) in [6, 6.07) is 20.3. The van der Waals surface area contributed by atoms with Crippen molar-refractivity contribution in [3.63, 3.8) is 0 Å². The van der Waals surface area contributed by atoms with E-state index in [0.717, 1.165) is 0 Å². The first-order valence-corrected chi connectivity index (χ1v) is 13.5. The van der Waals surface area contributed by atoms with E-state index in [0.29, 0.717) is 15.6 Å². The second-order valence-corrected chi connectivity index (χ2v) is 11.2. The first-order valence-electron chi connectivity index (χ1n) is 10.5. The Labute approximate surface area is 233 Å². The molecule has 0 fully saturated rings. The van der Waals surface area contributed by atoms with Crippen LogP contribution in [0.25, 0.3) is 0 Å². The van der Waals surface area contributed by atoms with Crippen molar-refractivity contribution in [2.45, 2.75) is 4.90 Å². The molecule has 188 valence electrons. The zero-order valence-electron chi connectivity index (χ0n) is 18.6. The Hall–Kier alpha value is -3.07. The molecule has 4 aromatic carbocycles. The number of ketones is 1. The Morgan fingerprint density at radius 1 is 0.595 bits per heavy atom. The lowest BCUT2D eigenvalue weighted by molar-refractivity contribution is 0.102. The van der Waals surface area contributed by atoms with Crippen LogP contribution in [0.3, 0.4) is 0 Å². The highest BCUT2D eigenvalue weighted by atomic mass is 35.5. The fourth-order valence-electron chi connectivity index (χ4n) is 3.37. The Kier molecular flexibility index (Phi) is 8.11. The van der Waals surface area contributed by atoms with Crippen LogP contribution in [0, 0.1) is 0 Å². The van der Waals surface area contributed by atoms with Gasteiger partial charge in [0.25, 0.3) is 15.9 Å². The summed E-state index contributed by atoms with van der Waals surface area (Å²) in [5.41, 5.74) is 0.553. The van der Waals surface area contributed by atoms with Crippen molar-refractivity contribution in [3.05, 3.63) is 122 Å². The molecule has 4 aromatic rings. The summed E-state index contributed by atoms with van der Waals surface area (Å²) in [5, 5.41) is 3.99. The number of sulfonamides is 1. The van der Waals surface area contributed by atoms with E-state index >= 15 is 0 Å². The van der Waals surface area contributed by atoms with Gasteiger partial charge in [-0.2, -0.15) is 0 Å². The SMILES string of the molecule is O=C(Nc1ccc(Cl)cc1C(=O)c1ccc(Cl)cc1)c1cc(Cl)ccc1NS(=O)(=O)c1ccc(Cl)cc1. The van der Waals surface area contributed by atoms with Crippen molar-refractivity contribution < 1.29 is 18.0 Å². The maximum Gasteiger partial charge on any atom is 0.261 e. The molecule has 0 heterocycles. The van der Waals surface area contributed by atoms with Gasteiger partial charge in [-0.05, 0) is 84.9 Å². The van der Waals surface area contributed by atoms with Gasteiger partial charge in [-0.3, -0.25) is 14.3 Å². The standard InChI is InChI=1S/C26H16Cl4N2O4S/c27-16-3-1-15(2-4-16)25(33)21-13-18(29)7-11-23(21)31-26(34)22-14-19(30)8-12-24(22)32-37(35,36)20-9-5-17(28)6-10-20/h1-14,32H,(H,31,34). The molecular weight excluding hydrogens is 578 g/mol. The molecule has 1 amide bonds. The third kappa shape index (κ3) is 6.44. The molecule has 0 bridgehead atoms. The third-order valence-electron chi connectivity index (χ3n) is 5.18. The molecule has 0 radical (unpaired) electrons. The second-order valence-electron chi connectivity index (χ2n) is 7.73. The van der Waals surface area contributed by atoms with Crippen LogP contribution in [0.5, 0.6) is 0 Å². The molecule has 37 heavy (non-hydrogen) atoms. The molecule has 0 aliphatic heterocycles. The number of rotatable bonds is 7. The summed E-state index contributed by atoms with van der Waals surface area (Å²) in [6.07, 6.45) is 0. The lowest BCUT2D eigenvalue weighted by atomic mass is 10.0. The summed E-state index contributed by atoms with van der Waals surface area (Å²) in [7, 11) is -4.05. The van der Waals surface area contributed by atoms with Gasteiger partial charge in [0.05, 0.1) is 21.8 Å². The van der Waals surface area contributed by atoms with E-state index in [-0.39, 0.29) is 37.4 Å². The summed E-state index contributed by atoms with van der Waals surface area (Å²) in [5.74, 6) is -1.10. The quantitative estimate of drug-likeness (QED) is 0.216. The maximum absolute atomic E-state index is 13.3. The third-order valence-corrected chi connectivity index (χ3v) is 7.53. The summed E-state index contributed by atoms with van der Waals surface area (Å²) < 4.78 is 28.2. The number of anilines is 2. The summed E-state index contributed by atoms with van der Waals surface area (Å²) >= 11 is 24.0. The van der Waals surface area contributed by atoms with Crippen LogP contribution in [0.1, 0.15) is 26.3 Å². The first-order chi connectivity index (χ1) is 17.5. The van der Waals surface area contributed by atoms with Gasteiger partial charge in [-0.15, -0.1) is 0 Å². The molecular formula is C26H16Cl4N2O4S. The summed E-state index contributed by atoms with van der Waals surface area (Å²) in [4.78, 5) is 26.4. The highest BCUT2D eigenvalue weighted by Crippen LogP contribution is 2.28. The maximum atomic E-state index is 13.3. The number of amides is 1. The van der Waals surface area contributed by atoms with Gasteiger partial charge in [0.2, 0.25) is 0 Å². The van der Waals surface area contributed by atoms with E-state index in [1.54, 1.807) is 24.3 Å². The minimum Gasteiger partial charge on any atom is -0.321 e. The van der Waals surface area contributed by atoms with Crippen molar-refractivity contribution in [2.75, 3.05) is 10.0 Å². The normalized spacial score (nSPS) is 11.1. The summed E-state index contributed by atoms with van der Waals surface area (Å²) in [6.45, 7) is 0. The number of carbonyl (C=O) groups excluding carboxylic acids is 2. The highest BCUT2D eigenvalue weighted by molar-refractivity contribution is 7.92. The number of hydrogen-bond donors (Lipinski definition) is 2. The number of carbonyl (C=O) groups is 2. The Balaban J connectivity index is 1.67. The van der Waals surface area contributed by atoms with Gasteiger partial charge < -0.3 is 5.32 Å². The second kappa shape index (κ2) is 11.1. The fourth-order valence-corrected chi connectivity index (χ4v) is 5.05. The minimum absolute atomic E-state index is 0.0172. The fraction of sp³-hybridized carbons (Fsp3) is 0. The molecule has 0 atom stereocenters. The molecule has 0 spiro atoms. The molecule has 11 heteroatoms. The molecule has 6 nitrogen and oxygen atoms in total. The Morgan fingerprint density at radius 2 is 1.08 bits per heavy atom. The average Bonchev–Trinajstić information content (AvgIpc) is 2.86. The lowest BCUT2D eigenvalue weighted by Crippen LogP contribution is -2.20. The van der Waals surface area contributed by atoms with E-state index in [4.69, 9.17) is 46.4 Å². The van der Waals surface area contributed by atoms with E-state index < -0.39 is 21.7 Å². The van der Waals surface area contributed by atoms with E-state index in [1.165, 1.54) is 60.7 Å². The van der Waals surface area contributed by atoms with Gasteiger partial charge in [0.15, 0.2) is 5.78 Å². The molecule has 4 rings (SSSR count). The number of benzene rings is 4. The van der Waals surface area contributed by atoms with Crippen molar-refractivity contribution >= 4 is 79.5 Å². The van der Waals surface area contributed by atoms with Crippen molar-refractivity contribution in [1.82, 2.24) is 0 Å². The minimum atomic E-state index is -4.05. The number of hydrogen-bond acceptors (Lipinski definition) is 4. The molecule has 2 N–H and O–H groups in total. The van der Waals surface area contributed by atoms with Crippen LogP contribution in [0.2, 0.25) is 20.1 Å². The number of halogens is 4. The molecule has 0 aromatic heterocycles. The average molecular weight is 594 g/mol. The Bertz CT molecular complexity index is 1610. The largest absolute Gasteiger partial charge is 0.321 e. The predicted molar refractivity (Wildman–Crippen MR) is 148 cm³/mol. The van der Waals surface area contributed by atoms with Gasteiger partial charge in [-0.25, -0.2) is 8.42 Å². The lowest BCUT2D eigenvalue weighted by Gasteiger charge is -2.15. The van der Waals surface area contributed by atoms with Gasteiger partial charge in [-0.1, -0.05) is 46.4 Å². The topological polar surface area (TPSA) is 92.3 Å². The van der Waals surface area contributed by atoms with Crippen molar-refractivity contribution in [2.24, 2.45) is 0 Å². The first kappa shape index (κ1) is 27.0. The molecule has 0 aliphatic carbocycles. The van der Waals surface area contributed by atoms with Crippen LogP contribution in [0.15, 0.2) is 89.8 Å². The van der Waals surface area contributed by atoms with Crippen molar-refractivity contribution in [3.8, 4) is 0 Å². The van der Waals surface area contributed by atoms with Crippen molar-refractivity contribution in [1.29, 1.82) is 0 Å². The van der Waals surface area contributed by atoms with Crippen LogP contribution in [-0.4, -0.2) is 20.1 Å². The predicted octanol–water partition coefficient (Wildman–Crippen LogP) is 7.58. The van der Waals surface area contributed by atoms with Gasteiger partial charge in [0.1, 0.15) is 0 Å². The van der Waals surface area contributed by atoms with Crippen LogP contribution < -0.4 is 10.0 Å². The monoisotopic (exact) mass is 592 g/mol. The van der Waals surface area contributed by atoms with E-state index in [1.807, 2.05) is 0 Å². The van der Waals surface area contributed by atoms with Crippen LogP contribution in [0.4, 0.5) is 11.4 Å². The van der Waals surface area contributed by atoms with Crippen LogP contribution in [-0.2, 0) is 10.0 Å². The zero-order valence-corrected chi connectivity index (χ0v) is 22.5. The van der Waals surface area contributed by atoms with Gasteiger partial charge >= 0.3 is 0 Å².